The van der Waals surface area contributed by atoms with Crippen LogP contribution in [0.1, 0.15) is 19.8 Å². The van der Waals surface area contributed by atoms with E-state index in [4.69, 9.17) is 11.6 Å². The Hall–Kier alpha value is -1.17. The van der Waals surface area contributed by atoms with Crippen molar-refractivity contribution in [3.63, 3.8) is 0 Å². The molecule has 1 N–H and O–H groups in total. The number of nitrogens with one attached hydrogen (secondary N) is 1. The van der Waals surface area contributed by atoms with E-state index in [1.54, 1.807) is 24.3 Å². The summed E-state index contributed by atoms with van der Waals surface area (Å²) in [7, 11) is -3.49. The monoisotopic (exact) mass is 296 g/mol. The van der Waals surface area contributed by atoms with Gasteiger partial charge in [0.05, 0.1) is 10.4 Å². The van der Waals surface area contributed by atoms with Crippen molar-refractivity contribution < 1.29 is 8.42 Å². The Balaban J connectivity index is 2.05. The summed E-state index contributed by atoms with van der Waals surface area (Å²) in [6.45, 7) is 1.90. The van der Waals surface area contributed by atoms with Gasteiger partial charge in [-0.25, -0.2) is 18.1 Å². The fourth-order valence-electron chi connectivity index (χ4n) is 1.91. The number of rotatable bonds is 3. The van der Waals surface area contributed by atoms with Crippen molar-refractivity contribution in [3.05, 3.63) is 35.5 Å². The topological polar surface area (TPSA) is 59.1 Å². The maximum atomic E-state index is 12.2. The number of hydrogen-bond donors (Lipinski definition) is 1. The predicted octanol–water partition coefficient (Wildman–Crippen LogP) is 2.72. The van der Waals surface area contributed by atoms with Gasteiger partial charge in [0.15, 0.2) is 0 Å². The van der Waals surface area contributed by atoms with Crippen LogP contribution in [0.25, 0.3) is 10.9 Å². The van der Waals surface area contributed by atoms with E-state index >= 15 is 0 Å². The van der Waals surface area contributed by atoms with Gasteiger partial charge in [-0.2, -0.15) is 0 Å². The zero-order valence-corrected chi connectivity index (χ0v) is 11.9. The first kappa shape index (κ1) is 12.8. The van der Waals surface area contributed by atoms with Gasteiger partial charge >= 0.3 is 0 Å². The highest BCUT2D eigenvalue weighted by Crippen LogP contribution is 2.36. The molecule has 0 unspecified atom stereocenters. The highest BCUT2D eigenvalue weighted by Gasteiger charge is 2.41. The molecule has 1 aliphatic carbocycles. The molecular weight excluding hydrogens is 284 g/mol. The fourth-order valence-corrected chi connectivity index (χ4v) is 3.55. The first-order valence-electron chi connectivity index (χ1n) is 5.98. The van der Waals surface area contributed by atoms with Crippen molar-refractivity contribution in [3.8, 4) is 0 Å². The van der Waals surface area contributed by atoms with Gasteiger partial charge in [-0.3, -0.25) is 0 Å². The fraction of sp³-hybridized carbons (Fsp3) is 0.308. The lowest BCUT2D eigenvalue weighted by atomic mass is 10.2. The van der Waals surface area contributed by atoms with Crippen LogP contribution in [0.4, 0.5) is 0 Å². The van der Waals surface area contributed by atoms with Crippen LogP contribution < -0.4 is 4.72 Å². The largest absolute Gasteiger partial charge is 0.241 e. The number of halogens is 1. The molecule has 0 radical (unpaired) electrons. The Morgan fingerprint density at radius 1 is 1.26 bits per heavy atom. The normalized spacial score (nSPS) is 17.6. The molecule has 1 heterocycles. The smallest absolute Gasteiger partial charge is 0.236 e. The van der Waals surface area contributed by atoms with Crippen LogP contribution in [-0.4, -0.2) is 18.9 Å². The summed E-state index contributed by atoms with van der Waals surface area (Å²) in [5.74, 6) is 0. The van der Waals surface area contributed by atoms with E-state index in [9.17, 15) is 8.42 Å². The molecule has 3 rings (SSSR count). The van der Waals surface area contributed by atoms with Crippen molar-refractivity contribution in [2.75, 3.05) is 0 Å². The van der Waals surface area contributed by atoms with E-state index in [-0.39, 0.29) is 10.4 Å². The third-order valence-corrected chi connectivity index (χ3v) is 5.17. The van der Waals surface area contributed by atoms with Gasteiger partial charge in [0, 0.05) is 10.9 Å². The van der Waals surface area contributed by atoms with E-state index in [1.807, 2.05) is 13.0 Å². The van der Waals surface area contributed by atoms with Gasteiger partial charge in [0.25, 0.3) is 0 Å². The second-order valence-electron chi connectivity index (χ2n) is 5.15. The van der Waals surface area contributed by atoms with Gasteiger partial charge < -0.3 is 0 Å². The third-order valence-electron chi connectivity index (χ3n) is 3.32. The Labute approximate surface area is 116 Å². The number of benzene rings is 1. The maximum Gasteiger partial charge on any atom is 0.241 e. The van der Waals surface area contributed by atoms with Crippen molar-refractivity contribution >= 4 is 32.5 Å². The average molecular weight is 297 g/mol. The molecule has 1 saturated carbocycles. The number of sulfonamides is 1. The molecule has 0 amide bonds. The molecule has 1 aromatic heterocycles. The molecule has 2 aromatic rings. The van der Waals surface area contributed by atoms with Crippen molar-refractivity contribution in [1.82, 2.24) is 9.71 Å². The lowest BCUT2D eigenvalue weighted by Crippen LogP contribution is -2.34. The summed E-state index contributed by atoms with van der Waals surface area (Å²) < 4.78 is 27.2. The van der Waals surface area contributed by atoms with Crippen molar-refractivity contribution in [1.29, 1.82) is 0 Å². The highest BCUT2D eigenvalue weighted by atomic mass is 35.5. The summed E-state index contributed by atoms with van der Waals surface area (Å²) in [5.41, 5.74) is 0.298. The van der Waals surface area contributed by atoms with Gasteiger partial charge in [-0.15, -0.1) is 0 Å². The number of aromatic nitrogens is 1. The van der Waals surface area contributed by atoms with Gasteiger partial charge in [-0.05, 0) is 44.0 Å². The first-order chi connectivity index (χ1) is 8.88. The molecule has 1 aliphatic rings. The zero-order valence-electron chi connectivity index (χ0n) is 10.4. The lowest BCUT2D eigenvalue weighted by molar-refractivity contribution is 0.558. The predicted molar refractivity (Wildman–Crippen MR) is 74.7 cm³/mol. The third kappa shape index (κ3) is 2.59. The van der Waals surface area contributed by atoms with Crippen LogP contribution >= 0.6 is 11.6 Å². The van der Waals surface area contributed by atoms with Crippen LogP contribution in [0.15, 0.2) is 35.2 Å². The van der Waals surface area contributed by atoms with E-state index in [2.05, 4.69) is 9.71 Å². The molecule has 0 atom stereocenters. The van der Waals surface area contributed by atoms with Gasteiger partial charge in [-0.1, -0.05) is 17.7 Å². The maximum absolute atomic E-state index is 12.2. The Bertz CT molecular complexity index is 754. The lowest BCUT2D eigenvalue weighted by Gasteiger charge is -2.12. The van der Waals surface area contributed by atoms with Crippen molar-refractivity contribution in [2.24, 2.45) is 0 Å². The summed E-state index contributed by atoms with van der Waals surface area (Å²) in [6, 6.07) is 8.38. The van der Waals surface area contributed by atoms with Gasteiger partial charge in [0.2, 0.25) is 10.0 Å². The Morgan fingerprint density at radius 3 is 2.63 bits per heavy atom. The van der Waals surface area contributed by atoms with Crippen LogP contribution in [0.5, 0.6) is 0 Å². The summed E-state index contributed by atoms with van der Waals surface area (Å²) >= 11 is 5.83. The number of hydrogen-bond acceptors (Lipinski definition) is 3. The quantitative estimate of drug-likeness (QED) is 0.886. The number of fused-ring (bicyclic) bond motifs is 1. The van der Waals surface area contributed by atoms with Crippen LogP contribution in [0.2, 0.25) is 5.15 Å². The minimum absolute atomic E-state index is 0.225. The molecular formula is C13H13ClN2O2S. The Morgan fingerprint density at radius 2 is 1.95 bits per heavy atom. The molecule has 19 heavy (non-hydrogen) atoms. The molecule has 0 aliphatic heterocycles. The van der Waals surface area contributed by atoms with Crippen molar-refractivity contribution in [2.45, 2.75) is 30.2 Å². The van der Waals surface area contributed by atoms with Gasteiger partial charge in [0.1, 0.15) is 5.15 Å². The molecule has 0 saturated heterocycles. The molecule has 0 bridgehead atoms. The number of nitrogens with zero attached hydrogens (tertiary/aromatic N) is 1. The average Bonchev–Trinajstić information content (AvgIpc) is 3.04. The summed E-state index contributed by atoms with van der Waals surface area (Å²) in [4.78, 5) is 4.36. The van der Waals surface area contributed by atoms with E-state index < -0.39 is 10.0 Å². The zero-order chi connectivity index (χ0) is 13.7. The molecule has 100 valence electrons. The molecule has 1 fully saturated rings. The molecule has 6 heteroatoms. The second kappa shape index (κ2) is 4.16. The van der Waals surface area contributed by atoms with Crippen LogP contribution in [0.3, 0.4) is 0 Å². The highest BCUT2D eigenvalue weighted by molar-refractivity contribution is 7.89. The molecule has 0 spiro atoms. The SMILES string of the molecule is CC1(NS(=O)(=O)c2ccc3ccc(Cl)nc3c2)CC1. The minimum atomic E-state index is -3.49. The van der Waals surface area contributed by atoms with Crippen LogP contribution in [-0.2, 0) is 10.0 Å². The Kier molecular flexibility index (Phi) is 2.81. The van der Waals surface area contributed by atoms with E-state index in [0.717, 1.165) is 18.2 Å². The minimum Gasteiger partial charge on any atom is -0.236 e. The standard InChI is InChI=1S/C13H13ClN2O2S/c1-13(6-7-13)16-19(17,18)10-4-2-9-3-5-12(14)15-11(9)8-10/h2-5,8,16H,6-7H2,1H3. The molecule has 1 aromatic carbocycles. The second-order valence-corrected chi connectivity index (χ2v) is 7.22. The molecule has 4 nitrogen and oxygen atoms in total. The number of pyridine rings is 1. The van der Waals surface area contributed by atoms with Crippen LogP contribution in [0, 0.1) is 0 Å². The summed E-state index contributed by atoms with van der Waals surface area (Å²) in [6.07, 6.45) is 1.76. The summed E-state index contributed by atoms with van der Waals surface area (Å²) in [5, 5.41) is 1.21. The van der Waals surface area contributed by atoms with E-state index in [0.29, 0.717) is 10.7 Å². The first-order valence-corrected chi connectivity index (χ1v) is 7.84. The van der Waals surface area contributed by atoms with E-state index in [1.165, 1.54) is 0 Å².